The molecule has 38 heavy (non-hydrogen) atoms. The molecule has 1 saturated heterocycles. The van der Waals surface area contributed by atoms with Gasteiger partial charge < -0.3 is 9.47 Å². The summed E-state index contributed by atoms with van der Waals surface area (Å²) in [4.78, 5) is 27.8. The molecule has 0 atom stereocenters. The Morgan fingerprint density at radius 1 is 0.921 bits per heavy atom. The van der Waals surface area contributed by atoms with Crippen LogP contribution in [-0.2, 0) is 17.9 Å². The molecule has 2 amide bonds. The molecule has 0 spiro atoms. The van der Waals surface area contributed by atoms with Crippen molar-refractivity contribution in [3.8, 4) is 11.5 Å². The third-order valence-corrected chi connectivity index (χ3v) is 7.80. The summed E-state index contributed by atoms with van der Waals surface area (Å²) in [6, 6.07) is 25.7. The number of aryl methyl sites for hydroxylation is 1. The quantitative estimate of drug-likeness (QED) is 0.195. The lowest BCUT2D eigenvalue weighted by molar-refractivity contribution is -0.123. The van der Waals surface area contributed by atoms with E-state index in [1.165, 1.54) is 10.5 Å². The first-order valence-corrected chi connectivity index (χ1v) is 13.9. The predicted molar refractivity (Wildman–Crippen MR) is 156 cm³/mol. The molecule has 5 nitrogen and oxygen atoms in total. The number of rotatable bonds is 8. The smallest absolute Gasteiger partial charge is 0.293 e. The van der Waals surface area contributed by atoms with Crippen LogP contribution in [0.1, 0.15) is 29.2 Å². The number of fused-ring (bicyclic) bond motifs is 1. The Kier molecular flexibility index (Phi) is 7.86. The van der Waals surface area contributed by atoms with E-state index in [0.717, 1.165) is 43.7 Å². The lowest BCUT2D eigenvalue weighted by Gasteiger charge is -2.15. The van der Waals surface area contributed by atoms with E-state index in [2.05, 4.69) is 22.0 Å². The molecule has 0 unspecified atom stereocenters. The fourth-order valence-electron chi connectivity index (χ4n) is 4.38. The van der Waals surface area contributed by atoms with E-state index in [0.29, 0.717) is 29.6 Å². The van der Waals surface area contributed by atoms with Crippen molar-refractivity contribution in [2.45, 2.75) is 27.0 Å². The van der Waals surface area contributed by atoms with Gasteiger partial charge in [0.1, 0.15) is 6.61 Å². The van der Waals surface area contributed by atoms with Gasteiger partial charge in [-0.05, 0) is 71.3 Å². The van der Waals surface area contributed by atoms with Crippen molar-refractivity contribution in [1.82, 2.24) is 4.90 Å². The van der Waals surface area contributed by atoms with Crippen molar-refractivity contribution in [3.63, 3.8) is 0 Å². The van der Waals surface area contributed by atoms with Crippen molar-refractivity contribution in [2.75, 3.05) is 6.61 Å². The van der Waals surface area contributed by atoms with Crippen molar-refractivity contribution in [1.29, 1.82) is 0 Å². The van der Waals surface area contributed by atoms with Gasteiger partial charge in [-0.25, -0.2) is 0 Å². The van der Waals surface area contributed by atoms with Crippen LogP contribution in [-0.4, -0.2) is 22.7 Å². The first kappa shape index (κ1) is 26.1. The van der Waals surface area contributed by atoms with Crippen LogP contribution >= 0.6 is 27.7 Å². The summed E-state index contributed by atoms with van der Waals surface area (Å²) in [6.07, 6.45) is 1.73. The van der Waals surface area contributed by atoms with Gasteiger partial charge in [0.05, 0.1) is 18.1 Å². The fraction of sp³-hybridized carbons (Fsp3) is 0.161. The van der Waals surface area contributed by atoms with Crippen LogP contribution in [0.5, 0.6) is 11.5 Å². The van der Waals surface area contributed by atoms with E-state index in [-0.39, 0.29) is 17.7 Å². The average molecular weight is 589 g/mol. The zero-order valence-corrected chi connectivity index (χ0v) is 23.5. The molecular weight excluding hydrogens is 562 g/mol. The highest BCUT2D eigenvalue weighted by Crippen LogP contribution is 2.39. The van der Waals surface area contributed by atoms with E-state index in [9.17, 15) is 9.59 Å². The third kappa shape index (κ3) is 5.64. The van der Waals surface area contributed by atoms with Gasteiger partial charge in [-0.15, -0.1) is 0 Å². The van der Waals surface area contributed by atoms with Gasteiger partial charge in [0.25, 0.3) is 11.1 Å². The number of amides is 2. The van der Waals surface area contributed by atoms with E-state index in [1.807, 2.05) is 86.6 Å². The van der Waals surface area contributed by atoms with Gasteiger partial charge in [0.15, 0.2) is 11.5 Å². The summed E-state index contributed by atoms with van der Waals surface area (Å²) in [5.74, 6) is 0.864. The number of carbonyl (C=O) groups excluding carboxylic acids is 2. The molecule has 0 bridgehead atoms. The number of hydrogen-bond acceptors (Lipinski definition) is 5. The van der Waals surface area contributed by atoms with Gasteiger partial charge >= 0.3 is 0 Å². The molecule has 4 aromatic rings. The Morgan fingerprint density at radius 3 is 2.50 bits per heavy atom. The topological polar surface area (TPSA) is 55.8 Å². The maximum atomic E-state index is 13.3. The number of imide groups is 1. The summed E-state index contributed by atoms with van der Waals surface area (Å²) in [5.41, 5.74) is 3.89. The van der Waals surface area contributed by atoms with Gasteiger partial charge in [0.2, 0.25) is 0 Å². The van der Waals surface area contributed by atoms with Crippen LogP contribution in [0.2, 0.25) is 0 Å². The van der Waals surface area contributed by atoms with Crippen LogP contribution in [0.25, 0.3) is 16.8 Å². The van der Waals surface area contributed by atoms with Gasteiger partial charge in [-0.2, -0.15) is 0 Å². The molecule has 1 aliphatic rings. The zero-order chi connectivity index (χ0) is 26.6. The lowest BCUT2D eigenvalue weighted by Crippen LogP contribution is -2.27. The van der Waals surface area contributed by atoms with Gasteiger partial charge in [0, 0.05) is 4.47 Å². The maximum absolute atomic E-state index is 13.3. The van der Waals surface area contributed by atoms with Crippen LogP contribution in [0, 0.1) is 6.92 Å². The standard InChI is InChI=1S/C31H26BrNO4S/c1-3-36-27-15-24(26(32)17-28(27)37-19-21-9-6-8-20(2)14-21)16-29-30(34)33(31(35)38-29)18-23-12-7-11-22-10-4-5-13-25(22)23/h4-17H,3,18-19H2,1-2H3/b29-16+. The minimum Gasteiger partial charge on any atom is -0.490 e. The number of halogens is 1. The summed E-state index contributed by atoms with van der Waals surface area (Å²) < 4.78 is 12.7. The average Bonchev–Trinajstić information content (AvgIpc) is 3.17. The molecule has 5 rings (SSSR count). The molecule has 1 aliphatic heterocycles. The Balaban J connectivity index is 1.38. The Labute approximate surface area is 234 Å². The zero-order valence-electron chi connectivity index (χ0n) is 21.1. The molecule has 7 heteroatoms. The lowest BCUT2D eigenvalue weighted by atomic mass is 10.0. The molecule has 1 fully saturated rings. The number of thioether (sulfide) groups is 1. The van der Waals surface area contributed by atoms with E-state index in [4.69, 9.17) is 9.47 Å². The molecule has 192 valence electrons. The normalized spacial score (nSPS) is 14.5. The molecule has 0 radical (unpaired) electrons. The second-order valence-electron chi connectivity index (χ2n) is 8.94. The van der Waals surface area contributed by atoms with Crippen molar-refractivity contribution in [2.24, 2.45) is 0 Å². The molecule has 4 aromatic carbocycles. The van der Waals surface area contributed by atoms with E-state index >= 15 is 0 Å². The Morgan fingerprint density at radius 2 is 1.68 bits per heavy atom. The predicted octanol–water partition coefficient (Wildman–Crippen LogP) is 8.12. The first-order chi connectivity index (χ1) is 18.4. The first-order valence-electron chi connectivity index (χ1n) is 12.3. The Bertz CT molecular complexity index is 1560. The molecule has 1 heterocycles. The van der Waals surface area contributed by atoms with Crippen LogP contribution in [0.3, 0.4) is 0 Å². The second-order valence-corrected chi connectivity index (χ2v) is 10.8. The second kappa shape index (κ2) is 11.5. The number of benzene rings is 4. The van der Waals surface area contributed by atoms with E-state index in [1.54, 1.807) is 6.08 Å². The number of carbonyl (C=O) groups is 2. The highest BCUT2D eigenvalue weighted by Gasteiger charge is 2.35. The molecule has 0 aliphatic carbocycles. The van der Waals surface area contributed by atoms with Crippen molar-refractivity contribution >= 4 is 55.7 Å². The number of nitrogens with zero attached hydrogens (tertiary/aromatic N) is 1. The summed E-state index contributed by atoms with van der Waals surface area (Å²) >= 11 is 4.56. The molecular formula is C31H26BrNO4S. The number of ether oxygens (including phenoxy) is 2. The van der Waals surface area contributed by atoms with Crippen LogP contribution in [0.4, 0.5) is 4.79 Å². The number of hydrogen-bond donors (Lipinski definition) is 0. The minimum atomic E-state index is -0.308. The SMILES string of the molecule is CCOc1cc(/C=C2/SC(=O)N(Cc3cccc4ccccc34)C2=O)c(Br)cc1OCc1cccc(C)c1. The van der Waals surface area contributed by atoms with Crippen molar-refractivity contribution < 1.29 is 19.1 Å². The maximum Gasteiger partial charge on any atom is 0.293 e. The minimum absolute atomic E-state index is 0.223. The summed E-state index contributed by atoms with van der Waals surface area (Å²) in [6.45, 7) is 5.04. The molecule has 0 saturated carbocycles. The Hall–Kier alpha value is -3.55. The monoisotopic (exact) mass is 587 g/mol. The summed E-state index contributed by atoms with van der Waals surface area (Å²) in [7, 11) is 0. The highest BCUT2D eigenvalue weighted by molar-refractivity contribution is 9.10. The summed E-state index contributed by atoms with van der Waals surface area (Å²) in [5, 5.41) is 1.82. The highest BCUT2D eigenvalue weighted by atomic mass is 79.9. The van der Waals surface area contributed by atoms with E-state index < -0.39 is 0 Å². The molecule has 0 N–H and O–H groups in total. The van der Waals surface area contributed by atoms with Crippen LogP contribution in [0.15, 0.2) is 88.2 Å². The van der Waals surface area contributed by atoms with Gasteiger partial charge in [-0.3, -0.25) is 14.5 Å². The van der Waals surface area contributed by atoms with Crippen LogP contribution < -0.4 is 9.47 Å². The molecule has 0 aromatic heterocycles. The fourth-order valence-corrected chi connectivity index (χ4v) is 5.65. The third-order valence-electron chi connectivity index (χ3n) is 6.21. The van der Waals surface area contributed by atoms with Gasteiger partial charge in [-0.1, -0.05) is 88.2 Å². The largest absolute Gasteiger partial charge is 0.490 e. The van der Waals surface area contributed by atoms with Crippen molar-refractivity contribution in [3.05, 3.63) is 110 Å².